The monoisotopic (exact) mass is 301 g/mol. The third kappa shape index (κ3) is 2.98. The van der Waals surface area contributed by atoms with Crippen molar-refractivity contribution in [3.05, 3.63) is 29.3 Å². The number of phenols is 1. The molecular formula is C12H16BrNO3. The second-order valence-corrected chi connectivity index (χ2v) is 3.77. The molecule has 0 aromatic heterocycles. The normalized spacial score (nSPS) is 17.8. The second kappa shape index (κ2) is 6.02. The van der Waals surface area contributed by atoms with E-state index in [9.17, 15) is 9.90 Å². The Hall–Kier alpha value is -1.07. The molecule has 1 aliphatic heterocycles. The topological polar surface area (TPSA) is 58.6 Å². The van der Waals surface area contributed by atoms with Gasteiger partial charge in [0, 0.05) is 6.54 Å². The van der Waals surface area contributed by atoms with Gasteiger partial charge in [0.15, 0.2) is 0 Å². The summed E-state index contributed by atoms with van der Waals surface area (Å²) < 4.78 is 5.00. The van der Waals surface area contributed by atoms with Gasteiger partial charge in [-0.2, -0.15) is 0 Å². The van der Waals surface area contributed by atoms with Crippen molar-refractivity contribution in [1.29, 1.82) is 0 Å². The molecule has 1 unspecified atom stereocenters. The number of benzene rings is 1. The number of ether oxygens (including phenoxy) is 1. The van der Waals surface area contributed by atoms with E-state index in [1.807, 2.05) is 0 Å². The molecule has 1 aromatic rings. The van der Waals surface area contributed by atoms with E-state index in [1.165, 1.54) is 0 Å². The largest absolute Gasteiger partial charge is 0.508 e. The Bertz CT molecular complexity index is 409. The number of halogens is 1. The van der Waals surface area contributed by atoms with Crippen molar-refractivity contribution < 1.29 is 14.6 Å². The maximum absolute atomic E-state index is 11.7. The van der Waals surface area contributed by atoms with Crippen LogP contribution in [0, 0.1) is 0 Å². The number of carbonyl (C=O) groups is 1. The number of phenolic OH excluding ortho intramolecular Hbond substituents is 1. The minimum absolute atomic E-state index is 0. The van der Waals surface area contributed by atoms with Crippen molar-refractivity contribution in [2.24, 2.45) is 0 Å². The maximum atomic E-state index is 11.7. The van der Waals surface area contributed by atoms with Crippen LogP contribution in [0.25, 0.3) is 0 Å². The van der Waals surface area contributed by atoms with E-state index in [-0.39, 0.29) is 28.7 Å². The third-order valence-corrected chi connectivity index (χ3v) is 2.70. The molecule has 0 aliphatic carbocycles. The first kappa shape index (κ1) is 14.0. The zero-order valence-corrected chi connectivity index (χ0v) is 11.3. The zero-order valence-electron chi connectivity index (χ0n) is 9.60. The maximum Gasteiger partial charge on any atom is 0.327 e. The Morgan fingerprint density at radius 2 is 2.35 bits per heavy atom. The van der Waals surface area contributed by atoms with Gasteiger partial charge in [-0.25, -0.2) is 4.79 Å². The van der Waals surface area contributed by atoms with Gasteiger partial charge in [0.25, 0.3) is 0 Å². The van der Waals surface area contributed by atoms with E-state index in [2.05, 4.69) is 5.32 Å². The predicted molar refractivity (Wildman–Crippen MR) is 69.5 cm³/mol. The van der Waals surface area contributed by atoms with E-state index in [0.29, 0.717) is 6.61 Å². The van der Waals surface area contributed by atoms with Crippen LogP contribution in [0.15, 0.2) is 18.2 Å². The lowest BCUT2D eigenvalue weighted by Crippen LogP contribution is -2.36. The molecule has 17 heavy (non-hydrogen) atoms. The molecule has 0 fully saturated rings. The summed E-state index contributed by atoms with van der Waals surface area (Å²) in [6, 6.07) is 4.68. The predicted octanol–water partition coefficient (Wildman–Crippen LogP) is 1.72. The van der Waals surface area contributed by atoms with Crippen LogP contribution in [0.2, 0.25) is 0 Å². The van der Waals surface area contributed by atoms with Crippen LogP contribution in [-0.2, 0) is 16.0 Å². The molecule has 5 heteroatoms. The van der Waals surface area contributed by atoms with Crippen molar-refractivity contribution >= 4 is 23.0 Å². The highest BCUT2D eigenvalue weighted by Gasteiger charge is 2.27. The van der Waals surface area contributed by atoms with Gasteiger partial charge in [0.2, 0.25) is 0 Å². The lowest BCUT2D eigenvalue weighted by Gasteiger charge is -2.25. The van der Waals surface area contributed by atoms with Gasteiger partial charge in [0.05, 0.1) is 6.61 Å². The summed E-state index contributed by atoms with van der Waals surface area (Å²) in [4.78, 5) is 11.7. The van der Waals surface area contributed by atoms with Crippen LogP contribution in [0.3, 0.4) is 0 Å². The lowest BCUT2D eigenvalue weighted by atomic mass is 9.94. The second-order valence-electron chi connectivity index (χ2n) is 3.77. The van der Waals surface area contributed by atoms with Crippen LogP contribution in [0.1, 0.15) is 24.1 Å². The SMILES string of the molecule is Br.CCOC(=O)C1NCCc2cc(O)ccc21. The molecule has 0 amide bonds. The van der Waals surface area contributed by atoms with Crippen LogP contribution >= 0.6 is 17.0 Å². The van der Waals surface area contributed by atoms with Crippen LogP contribution < -0.4 is 5.32 Å². The van der Waals surface area contributed by atoms with Gasteiger partial charge >= 0.3 is 5.97 Å². The number of hydrogen-bond donors (Lipinski definition) is 2. The fraction of sp³-hybridized carbons (Fsp3) is 0.417. The van der Waals surface area contributed by atoms with Crippen molar-refractivity contribution in [2.45, 2.75) is 19.4 Å². The number of aromatic hydroxyl groups is 1. The highest BCUT2D eigenvalue weighted by Crippen LogP contribution is 2.26. The quantitative estimate of drug-likeness (QED) is 0.817. The van der Waals surface area contributed by atoms with Crippen LogP contribution in [-0.4, -0.2) is 24.2 Å². The third-order valence-electron chi connectivity index (χ3n) is 2.70. The summed E-state index contributed by atoms with van der Waals surface area (Å²) in [6.45, 7) is 2.89. The molecule has 0 spiro atoms. The van der Waals surface area contributed by atoms with E-state index in [4.69, 9.17) is 4.74 Å². The molecule has 1 atom stereocenters. The van der Waals surface area contributed by atoms with Gasteiger partial charge < -0.3 is 15.2 Å². The molecule has 1 aromatic carbocycles. The highest BCUT2D eigenvalue weighted by atomic mass is 79.9. The van der Waals surface area contributed by atoms with Crippen molar-refractivity contribution in [3.63, 3.8) is 0 Å². The first-order valence-corrected chi connectivity index (χ1v) is 5.44. The number of esters is 1. The Labute approximate surface area is 111 Å². The fourth-order valence-electron chi connectivity index (χ4n) is 1.99. The van der Waals surface area contributed by atoms with Crippen molar-refractivity contribution in [1.82, 2.24) is 5.32 Å². The number of carbonyl (C=O) groups excluding carboxylic acids is 1. The van der Waals surface area contributed by atoms with E-state index >= 15 is 0 Å². The summed E-state index contributed by atoms with van der Waals surface area (Å²) in [5.41, 5.74) is 1.92. The van der Waals surface area contributed by atoms with Gasteiger partial charge in [-0.3, -0.25) is 0 Å². The molecule has 0 bridgehead atoms. The van der Waals surface area contributed by atoms with Gasteiger partial charge in [-0.05, 0) is 36.6 Å². The zero-order chi connectivity index (χ0) is 11.5. The first-order chi connectivity index (χ1) is 7.72. The summed E-state index contributed by atoms with van der Waals surface area (Å²) in [6.07, 6.45) is 0.819. The van der Waals surface area contributed by atoms with Gasteiger partial charge in [-0.15, -0.1) is 17.0 Å². The van der Waals surface area contributed by atoms with Gasteiger partial charge in [-0.1, -0.05) is 6.07 Å². The van der Waals surface area contributed by atoms with Crippen molar-refractivity contribution in [2.75, 3.05) is 13.2 Å². The summed E-state index contributed by atoms with van der Waals surface area (Å²) in [7, 11) is 0. The lowest BCUT2D eigenvalue weighted by molar-refractivity contribution is -0.146. The molecule has 4 nitrogen and oxygen atoms in total. The molecule has 0 saturated carbocycles. The van der Waals surface area contributed by atoms with Crippen molar-refractivity contribution in [3.8, 4) is 5.75 Å². The first-order valence-electron chi connectivity index (χ1n) is 5.44. The standard InChI is InChI=1S/C12H15NO3.BrH/c1-2-16-12(15)11-10-4-3-9(14)7-8(10)5-6-13-11;/h3-4,7,11,13-14H,2,5-6H2,1H3;1H. The minimum atomic E-state index is -0.399. The van der Waals surface area contributed by atoms with Gasteiger partial charge in [0.1, 0.15) is 11.8 Å². The number of fused-ring (bicyclic) bond motifs is 1. The summed E-state index contributed by atoms with van der Waals surface area (Å²) >= 11 is 0. The fourth-order valence-corrected chi connectivity index (χ4v) is 1.99. The van der Waals surface area contributed by atoms with E-state index < -0.39 is 6.04 Å². The Kier molecular flexibility index (Phi) is 4.96. The molecule has 0 radical (unpaired) electrons. The number of rotatable bonds is 2. The average molecular weight is 302 g/mol. The Morgan fingerprint density at radius 3 is 3.06 bits per heavy atom. The molecule has 1 heterocycles. The average Bonchev–Trinajstić information content (AvgIpc) is 2.28. The smallest absolute Gasteiger partial charge is 0.327 e. The van der Waals surface area contributed by atoms with Crippen LogP contribution in [0.4, 0.5) is 0 Å². The number of nitrogens with one attached hydrogen (secondary N) is 1. The molecule has 0 saturated heterocycles. The Morgan fingerprint density at radius 1 is 1.59 bits per heavy atom. The Balaban J connectivity index is 0.00000144. The van der Waals surface area contributed by atoms with E-state index in [0.717, 1.165) is 24.1 Å². The minimum Gasteiger partial charge on any atom is -0.508 e. The van der Waals surface area contributed by atoms with Crippen LogP contribution in [0.5, 0.6) is 5.75 Å². The number of hydrogen-bond acceptors (Lipinski definition) is 4. The summed E-state index contributed by atoms with van der Waals surface area (Å²) in [5.74, 6) is -0.0163. The molecule has 1 aliphatic rings. The molecular weight excluding hydrogens is 286 g/mol. The highest BCUT2D eigenvalue weighted by molar-refractivity contribution is 8.93. The summed E-state index contributed by atoms with van der Waals surface area (Å²) in [5, 5.41) is 12.5. The molecule has 2 rings (SSSR count). The molecule has 2 N–H and O–H groups in total. The molecule has 94 valence electrons. The van der Waals surface area contributed by atoms with E-state index in [1.54, 1.807) is 25.1 Å².